The van der Waals surface area contributed by atoms with Gasteiger partial charge in [-0.15, -0.1) is 0 Å². The number of hydrogen-bond acceptors (Lipinski definition) is 3. The Morgan fingerprint density at radius 2 is 1.44 bits per heavy atom. The molecule has 4 nitrogen and oxygen atoms in total. The summed E-state index contributed by atoms with van der Waals surface area (Å²) in [4.78, 5) is 13.2. The number of ether oxygens (including phenoxy) is 1. The van der Waals surface area contributed by atoms with Crippen LogP contribution < -0.4 is 9.64 Å². The zero-order valence-corrected chi connectivity index (χ0v) is 19.8. The Balaban J connectivity index is 1.92. The van der Waals surface area contributed by atoms with Crippen molar-refractivity contribution in [2.24, 2.45) is 0 Å². The van der Waals surface area contributed by atoms with Gasteiger partial charge in [0.25, 0.3) is 0 Å². The SMILES string of the molecule is CC(=O)CCCOc1ccc(C(=C2C=CC(=[N+](C)C)C=C2)c2ccc(N(C)C)cc2)cc1. The molecule has 2 aromatic carbocycles. The van der Waals surface area contributed by atoms with Gasteiger partial charge < -0.3 is 14.4 Å². The molecule has 0 bridgehead atoms. The molecule has 1 aliphatic rings. The zero-order chi connectivity index (χ0) is 23.1. The fraction of sp³-hybridized carbons (Fsp3) is 0.286. The summed E-state index contributed by atoms with van der Waals surface area (Å²) in [5.74, 6) is 1.02. The van der Waals surface area contributed by atoms with Gasteiger partial charge in [0.05, 0.1) is 6.61 Å². The van der Waals surface area contributed by atoms with Crippen molar-refractivity contribution in [1.82, 2.24) is 0 Å². The van der Waals surface area contributed by atoms with Gasteiger partial charge in [0, 0.05) is 38.4 Å². The molecule has 0 spiro atoms. The minimum Gasteiger partial charge on any atom is -0.494 e. The molecule has 0 amide bonds. The Morgan fingerprint density at radius 1 is 0.875 bits per heavy atom. The third kappa shape index (κ3) is 6.07. The van der Waals surface area contributed by atoms with Gasteiger partial charge >= 0.3 is 0 Å². The first-order valence-corrected chi connectivity index (χ1v) is 11.0. The van der Waals surface area contributed by atoms with Gasteiger partial charge in [-0.2, -0.15) is 0 Å². The first kappa shape index (κ1) is 23.3. The van der Waals surface area contributed by atoms with Crippen molar-refractivity contribution < 1.29 is 14.1 Å². The average Bonchev–Trinajstić information content (AvgIpc) is 2.78. The molecule has 0 saturated carbocycles. The topological polar surface area (TPSA) is 32.6 Å². The van der Waals surface area contributed by atoms with Crippen molar-refractivity contribution in [2.75, 3.05) is 39.7 Å². The second-order valence-electron chi connectivity index (χ2n) is 8.44. The maximum absolute atomic E-state index is 11.1. The molecule has 2 aromatic rings. The lowest BCUT2D eigenvalue weighted by molar-refractivity contribution is -0.462. The Labute approximate surface area is 191 Å². The van der Waals surface area contributed by atoms with Crippen LogP contribution in [0.5, 0.6) is 5.75 Å². The highest BCUT2D eigenvalue weighted by molar-refractivity contribution is 6.04. The summed E-state index contributed by atoms with van der Waals surface area (Å²) in [5.41, 5.74) is 7.00. The van der Waals surface area contributed by atoms with Gasteiger partial charge in [-0.25, -0.2) is 4.58 Å². The molecular formula is C28H33N2O2+. The first-order chi connectivity index (χ1) is 15.3. The standard InChI is InChI=1S/C28H33N2O2/c1-21(31)7-6-20-32-27-18-12-24(13-19-27)28(22-8-14-25(15-9-22)29(2)3)23-10-16-26(17-11-23)30(4)5/h8-19H,6-7,20H2,1-5H3/q+1. The summed E-state index contributed by atoms with van der Waals surface area (Å²) in [6.45, 7) is 2.16. The van der Waals surface area contributed by atoms with Crippen LogP contribution in [0.3, 0.4) is 0 Å². The summed E-state index contributed by atoms with van der Waals surface area (Å²) in [5, 5.41) is 0. The number of nitrogens with zero attached hydrogens (tertiary/aromatic N) is 2. The number of rotatable bonds is 8. The molecule has 32 heavy (non-hydrogen) atoms. The Hall–Kier alpha value is -3.40. The maximum atomic E-state index is 11.1. The highest BCUT2D eigenvalue weighted by Gasteiger charge is 2.13. The average molecular weight is 430 g/mol. The second-order valence-corrected chi connectivity index (χ2v) is 8.44. The van der Waals surface area contributed by atoms with Crippen LogP contribution in [-0.4, -0.2) is 50.9 Å². The van der Waals surface area contributed by atoms with Crippen LogP contribution in [0.15, 0.2) is 78.4 Å². The third-order valence-corrected chi connectivity index (χ3v) is 5.43. The first-order valence-electron chi connectivity index (χ1n) is 11.0. The van der Waals surface area contributed by atoms with Crippen molar-refractivity contribution in [1.29, 1.82) is 0 Å². The summed E-state index contributed by atoms with van der Waals surface area (Å²) in [7, 11) is 8.20. The van der Waals surface area contributed by atoms with Crippen LogP contribution in [-0.2, 0) is 4.79 Å². The third-order valence-electron chi connectivity index (χ3n) is 5.43. The van der Waals surface area contributed by atoms with Gasteiger partial charge in [-0.1, -0.05) is 24.3 Å². The van der Waals surface area contributed by atoms with Crippen LogP contribution in [0, 0.1) is 0 Å². The molecule has 1 aliphatic carbocycles. The number of allylic oxidation sites excluding steroid dienone is 5. The molecule has 0 atom stereocenters. The van der Waals surface area contributed by atoms with Crippen molar-refractivity contribution in [3.05, 3.63) is 89.5 Å². The van der Waals surface area contributed by atoms with Crippen LogP contribution >= 0.6 is 0 Å². The lowest BCUT2D eigenvalue weighted by Gasteiger charge is -2.17. The van der Waals surface area contributed by atoms with E-state index < -0.39 is 0 Å². The number of Topliss-reactive ketones (excluding diaryl/α,β-unsaturated/α-hetero) is 1. The fourth-order valence-corrected chi connectivity index (χ4v) is 3.58. The van der Waals surface area contributed by atoms with Crippen molar-refractivity contribution in [3.63, 3.8) is 0 Å². The number of ketones is 1. The highest BCUT2D eigenvalue weighted by atomic mass is 16.5. The highest BCUT2D eigenvalue weighted by Crippen LogP contribution is 2.31. The maximum Gasteiger partial charge on any atom is 0.199 e. The molecule has 4 heteroatoms. The molecule has 0 fully saturated rings. The van der Waals surface area contributed by atoms with E-state index in [4.69, 9.17) is 4.74 Å². The van der Waals surface area contributed by atoms with Gasteiger partial charge in [0.15, 0.2) is 5.71 Å². The predicted molar refractivity (Wildman–Crippen MR) is 134 cm³/mol. The van der Waals surface area contributed by atoms with Crippen LogP contribution in [0.1, 0.15) is 30.9 Å². The Kier molecular flexibility index (Phi) is 7.82. The normalized spacial score (nSPS) is 12.7. The summed E-state index contributed by atoms with van der Waals surface area (Å²) in [6, 6.07) is 16.9. The lowest BCUT2D eigenvalue weighted by Crippen LogP contribution is -2.10. The largest absolute Gasteiger partial charge is 0.494 e. The van der Waals surface area contributed by atoms with Gasteiger partial charge in [0.1, 0.15) is 25.6 Å². The lowest BCUT2D eigenvalue weighted by atomic mass is 9.90. The zero-order valence-electron chi connectivity index (χ0n) is 19.8. The number of carbonyl (C=O) groups is 1. The smallest absolute Gasteiger partial charge is 0.199 e. The monoisotopic (exact) mass is 429 g/mol. The quantitative estimate of drug-likeness (QED) is 0.430. The Morgan fingerprint density at radius 3 is 1.94 bits per heavy atom. The number of anilines is 1. The van der Waals surface area contributed by atoms with Crippen molar-refractivity contribution in [2.45, 2.75) is 19.8 Å². The van der Waals surface area contributed by atoms with Crippen molar-refractivity contribution >= 4 is 22.8 Å². The van der Waals surface area contributed by atoms with E-state index in [1.165, 1.54) is 28.1 Å². The molecule has 0 N–H and O–H groups in total. The molecule has 3 rings (SSSR count). The van der Waals surface area contributed by atoms with Crippen molar-refractivity contribution in [3.8, 4) is 5.75 Å². The van der Waals surface area contributed by atoms with E-state index in [0.29, 0.717) is 13.0 Å². The van der Waals surface area contributed by atoms with E-state index in [2.05, 4.69) is 98.4 Å². The molecule has 0 heterocycles. The minimum absolute atomic E-state index is 0.198. The molecule has 166 valence electrons. The summed E-state index contributed by atoms with van der Waals surface area (Å²) >= 11 is 0. The van der Waals surface area contributed by atoms with Crippen LogP contribution in [0.2, 0.25) is 0 Å². The van der Waals surface area contributed by atoms with Gasteiger partial charge in [-0.05, 0) is 72.0 Å². The molecule has 0 aliphatic heterocycles. The van der Waals surface area contributed by atoms with Gasteiger partial charge in [-0.3, -0.25) is 0 Å². The van der Waals surface area contributed by atoms with E-state index in [1.807, 2.05) is 12.1 Å². The summed E-state index contributed by atoms with van der Waals surface area (Å²) in [6.07, 6.45) is 9.95. The number of hydrogen-bond donors (Lipinski definition) is 0. The van der Waals surface area contributed by atoms with E-state index in [9.17, 15) is 4.79 Å². The summed E-state index contributed by atoms with van der Waals surface area (Å²) < 4.78 is 7.92. The van der Waals surface area contributed by atoms with Crippen LogP contribution in [0.4, 0.5) is 5.69 Å². The molecular weight excluding hydrogens is 396 g/mol. The fourth-order valence-electron chi connectivity index (χ4n) is 3.58. The number of carbonyl (C=O) groups excluding carboxylic acids is 1. The van der Waals surface area contributed by atoms with E-state index in [-0.39, 0.29) is 5.78 Å². The molecule has 0 saturated heterocycles. The predicted octanol–water partition coefficient (Wildman–Crippen LogP) is 5.14. The molecule has 0 aromatic heterocycles. The second kappa shape index (κ2) is 10.8. The van der Waals surface area contributed by atoms with E-state index in [1.54, 1.807) is 6.92 Å². The molecule has 0 unspecified atom stereocenters. The number of benzene rings is 2. The van der Waals surface area contributed by atoms with Gasteiger partial charge in [0.2, 0.25) is 0 Å². The van der Waals surface area contributed by atoms with Crippen LogP contribution in [0.25, 0.3) is 5.57 Å². The van der Waals surface area contributed by atoms with E-state index in [0.717, 1.165) is 17.7 Å². The van der Waals surface area contributed by atoms with E-state index >= 15 is 0 Å². The molecule has 0 radical (unpaired) electrons. The minimum atomic E-state index is 0.198. The Bertz CT molecular complexity index is 1050.